The summed E-state index contributed by atoms with van der Waals surface area (Å²) in [5, 5.41) is 11.9. The highest BCUT2D eigenvalue weighted by atomic mass is 32.2. The molecule has 0 saturated carbocycles. The number of carbonyl (C=O) groups excluding carboxylic acids is 3. The molecule has 2 heterocycles. The Morgan fingerprint density at radius 1 is 1.26 bits per heavy atom. The third kappa shape index (κ3) is 5.96. The predicted molar refractivity (Wildman–Crippen MR) is 125 cm³/mol. The number of rotatable bonds is 8. The summed E-state index contributed by atoms with van der Waals surface area (Å²) in [5.74, 6) is -0.784. The normalized spacial score (nSPS) is 14.9. The van der Waals surface area contributed by atoms with Crippen molar-refractivity contribution in [1.29, 1.82) is 0 Å². The van der Waals surface area contributed by atoms with Gasteiger partial charge in [0.15, 0.2) is 0 Å². The van der Waals surface area contributed by atoms with Crippen molar-refractivity contribution in [3.05, 3.63) is 45.3 Å². The summed E-state index contributed by atoms with van der Waals surface area (Å²) in [5.41, 5.74) is 1.21. The molecule has 1 aromatic carbocycles. The number of aromatic nitrogens is 2. The first-order valence-corrected chi connectivity index (χ1v) is 11.5. The highest BCUT2D eigenvalue weighted by Crippen LogP contribution is 2.32. The minimum absolute atomic E-state index is 0.175. The van der Waals surface area contributed by atoms with Crippen molar-refractivity contribution in [2.24, 2.45) is 0 Å². The number of aryl methyl sites for hydroxylation is 1. The quantitative estimate of drug-likeness (QED) is 0.351. The lowest BCUT2D eigenvalue weighted by atomic mass is 10.1. The molecule has 1 aliphatic rings. The first kappa shape index (κ1) is 23.0. The zero-order chi connectivity index (χ0) is 22.4. The topological polar surface area (TPSA) is 101 Å². The van der Waals surface area contributed by atoms with Crippen molar-refractivity contribution in [2.75, 3.05) is 19.0 Å². The number of benzene rings is 1. The SMILES string of the molecule is CCc1nnc(NC(=O)CCCN2C(=O)C(=Cc3ccc(C(=O)OC)cc3)SC2=S)s1. The van der Waals surface area contributed by atoms with Crippen LogP contribution < -0.4 is 5.32 Å². The summed E-state index contributed by atoms with van der Waals surface area (Å²) < 4.78 is 5.14. The molecule has 1 N–H and O–H groups in total. The molecule has 0 unspecified atom stereocenters. The number of amides is 2. The number of hydrogen-bond acceptors (Lipinski definition) is 9. The fourth-order valence-corrected chi connectivity index (χ4v) is 4.71. The number of hydrogen-bond donors (Lipinski definition) is 1. The van der Waals surface area contributed by atoms with E-state index in [2.05, 4.69) is 20.3 Å². The molecule has 3 rings (SSSR count). The van der Waals surface area contributed by atoms with Gasteiger partial charge in [-0.05, 0) is 36.6 Å². The molecule has 2 amide bonds. The van der Waals surface area contributed by atoms with Crippen LogP contribution in [0.1, 0.15) is 40.7 Å². The first-order chi connectivity index (χ1) is 14.9. The van der Waals surface area contributed by atoms with Gasteiger partial charge < -0.3 is 10.1 Å². The van der Waals surface area contributed by atoms with Gasteiger partial charge in [0, 0.05) is 13.0 Å². The molecule has 11 heteroatoms. The lowest BCUT2D eigenvalue weighted by Crippen LogP contribution is -2.29. The van der Waals surface area contributed by atoms with E-state index >= 15 is 0 Å². The summed E-state index contributed by atoms with van der Waals surface area (Å²) in [7, 11) is 1.32. The number of esters is 1. The van der Waals surface area contributed by atoms with E-state index in [1.165, 1.54) is 35.1 Å². The van der Waals surface area contributed by atoms with E-state index in [1.807, 2.05) is 6.92 Å². The van der Waals surface area contributed by atoms with Gasteiger partial charge in [-0.2, -0.15) is 0 Å². The van der Waals surface area contributed by atoms with E-state index in [0.29, 0.717) is 32.9 Å². The Morgan fingerprint density at radius 3 is 2.65 bits per heavy atom. The predicted octanol–water partition coefficient (Wildman–Crippen LogP) is 3.51. The van der Waals surface area contributed by atoms with Gasteiger partial charge in [0.2, 0.25) is 11.0 Å². The Kier molecular flexibility index (Phi) is 7.88. The second-order valence-electron chi connectivity index (χ2n) is 6.45. The summed E-state index contributed by atoms with van der Waals surface area (Å²) >= 11 is 7.90. The van der Waals surface area contributed by atoms with Gasteiger partial charge >= 0.3 is 5.97 Å². The number of thiocarbonyl (C=S) groups is 1. The molecular weight excluding hydrogens is 456 g/mol. The maximum Gasteiger partial charge on any atom is 0.337 e. The molecule has 0 bridgehead atoms. The number of nitrogens with one attached hydrogen (secondary N) is 1. The molecule has 2 aromatic rings. The first-order valence-electron chi connectivity index (χ1n) is 9.47. The Bertz CT molecular complexity index is 1030. The van der Waals surface area contributed by atoms with E-state index < -0.39 is 5.97 Å². The van der Waals surface area contributed by atoms with Gasteiger partial charge in [0.1, 0.15) is 9.33 Å². The molecule has 0 spiro atoms. The van der Waals surface area contributed by atoms with E-state index in [1.54, 1.807) is 30.3 Å². The maximum atomic E-state index is 12.7. The van der Waals surface area contributed by atoms with Gasteiger partial charge in [-0.25, -0.2) is 4.79 Å². The van der Waals surface area contributed by atoms with Gasteiger partial charge in [0.25, 0.3) is 5.91 Å². The number of ether oxygens (including phenoxy) is 1. The standard InChI is InChI=1S/C20H20N4O4S3/c1-3-16-22-23-19(31-16)21-15(25)5-4-10-24-17(26)14(30-20(24)29)11-12-6-8-13(9-7-12)18(27)28-2/h6-9,11H,3-5,10H2,1-2H3,(H,21,23,25). The van der Waals surface area contributed by atoms with Crippen LogP contribution in [0.2, 0.25) is 0 Å². The van der Waals surface area contributed by atoms with Crippen LogP contribution in [0.4, 0.5) is 5.13 Å². The zero-order valence-corrected chi connectivity index (χ0v) is 19.4. The highest BCUT2D eigenvalue weighted by Gasteiger charge is 2.31. The Morgan fingerprint density at radius 2 is 2.00 bits per heavy atom. The Hall–Kier alpha value is -2.63. The molecular formula is C20H20N4O4S3. The summed E-state index contributed by atoms with van der Waals surface area (Å²) in [6.45, 7) is 2.33. The molecule has 0 radical (unpaired) electrons. The van der Waals surface area contributed by atoms with Crippen molar-refractivity contribution < 1.29 is 19.1 Å². The molecule has 8 nitrogen and oxygen atoms in total. The number of nitrogens with zero attached hydrogens (tertiary/aromatic N) is 3. The molecule has 1 aliphatic heterocycles. The van der Waals surface area contributed by atoms with E-state index in [9.17, 15) is 14.4 Å². The summed E-state index contributed by atoms with van der Waals surface area (Å²) in [6, 6.07) is 6.75. The van der Waals surface area contributed by atoms with Crippen LogP contribution in [0.5, 0.6) is 0 Å². The number of methoxy groups -OCH3 is 1. The second-order valence-corrected chi connectivity index (χ2v) is 9.19. The van der Waals surface area contributed by atoms with Gasteiger partial charge in [-0.15, -0.1) is 10.2 Å². The van der Waals surface area contributed by atoms with Crippen LogP contribution in [0.15, 0.2) is 29.2 Å². The fraction of sp³-hybridized carbons (Fsp3) is 0.300. The smallest absolute Gasteiger partial charge is 0.337 e. The summed E-state index contributed by atoms with van der Waals surface area (Å²) in [4.78, 5) is 38.3. The van der Waals surface area contributed by atoms with Crippen LogP contribution in [0.3, 0.4) is 0 Å². The maximum absolute atomic E-state index is 12.7. The molecule has 1 aromatic heterocycles. The molecule has 1 saturated heterocycles. The average Bonchev–Trinajstić information content (AvgIpc) is 3.32. The average molecular weight is 477 g/mol. The number of carbonyl (C=O) groups is 3. The monoisotopic (exact) mass is 476 g/mol. The Labute approximate surface area is 193 Å². The van der Waals surface area contributed by atoms with Crippen molar-refractivity contribution in [3.63, 3.8) is 0 Å². The van der Waals surface area contributed by atoms with Crippen LogP contribution in [-0.2, 0) is 20.7 Å². The van der Waals surface area contributed by atoms with Crippen LogP contribution in [0, 0.1) is 0 Å². The third-order valence-electron chi connectivity index (χ3n) is 4.30. The van der Waals surface area contributed by atoms with E-state index in [0.717, 1.165) is 17.0 Å². The lowest BCUT2D eigenvalue weighted by Gasteiger charge is -2.13. The van der Waals surface area contributed by atoms with Crippen molar-refractivity contribution in [2.45, 2.75) is 26.2 Å². The Balaban J connectivity index is 1.53. The molecule has 0 aliphatic carbocycles. The van der Waals surface area contributed by atoms with Gasteiger partial charge in [0.05, 0.1) is 17.6 Å². The minimum atomic E-state index is -0.418. The number of thioether (sulfide) groups is 1. The molecule has 1 fully saturated rings. The van der Waals surface area contributed by atoms with Crippen LogP contribution in [0.25, 0.3) is 6.08 Å². The van der Waals surface area contributed by atoms with E-state index in [-0.39, 0.29) is 18.2 Å². The second kappa shape index (κ2) is 10.6. The molecule has 31 heavy (non-hydrogen) atoms. The largest absolute Gasteiger partial charge is 0.465 e. The minimum Gasteiger partial charge on any atom is -0.465 e. The highest BCUT2D eigenvalue weighted by molar-refractivity contribution is 8.26. The fourth-order valence-electron chi connectivity index (χ4n) is 2.70. The van der Waals surface area contributed by atoms with Crippen molar-refractivity contribution >= 4 is 68.6 Å². The third-order valence-corrected chi connectivity index (χ3v) is 6.67. The van der Waals surface area contributed by atoms with Crippen molar-refractivity contribution in [3.8, 4) is 0 Å². The summed E-state index contributed by atoms with van der Waals surface area (Å²) in [6.07, 6.45) is 3.21. The van der Waals surface area contributed by atoms with E-state index in [4.69, 9.17) is 12.2 Å². The molecule has 162 valence electrons. The molecule has 0 atom stereocenters. The van der Waals surface area contributed by atoms with Gasteiger partial charge in [-0.1, -0.05) is 54.4 Å². The number of anilines is 1. The van der Waals surface area contributed by atoms with Crippen molar-refractivity contribution in [1.82, 2.24) is 15.1 Å². The van der Waals surface area contributed by atoms with Crippen LogP contribution in [-0.4, -0.2) is 50.9 Å². The van der Waals surface area contributed by atoms with Crippen LogP contribution >= 0.6 is 35.3 Å². The zero-order valence-electron chi connectivity index (χ0n) is 16.9. The lowest BCUT2D eigenvalue weighted by molar-refractivity contribution is -0.122. The van der Waals surface area contributed by atoms with Gasteiger partial charge in [-0.3, -0.25) is 14.5 Å².